The maximum Gasteiger partial charge on any atom is 0.191 e. The number of aliphatic imine (C=N–C) groups is 1. The molecule has 7 heteroatoms. The first-order valence-electron chi connectivity index (χ1n) is 8.55. The van der Waals surface area contributed by atoms with Gasteiger partial charge >= 0.3 is 0 Å². The van der Waals surface area contributed by atoms with Crippen molar-refractivity contribution in [2.45, 2.75) is 79.0 Å². The maximum atomic E-state index is 12.1. The Hall–Kier alpha value is -0.0500. The Bertz CT molecular complexity index is 477. The van der Waals surface area contributed by atoms with E-state index in [1.807, 2.05) is 6.92 Å². The number of nitrogens with one attached hydrogen (secondary N) is 2. The molecule has 146 valence electrons. The zero-order chi connectivity index (χ0) is 18.3. The highest BCUT2D eigenvalue weighted by atomic mass is 127. The molecular weight excluding hydrogens is 437 g/mol. The smallest absolute Gasteiger partial charge is 0.191 e. The number of halogens is 1. The van der Waals surface area contributed by atoms with Crippen molar-refractivity contribution in [2.24, 2.45) is 10.4 Å². The molecule has 0 spiro atoms. The van der Waals surface area contributed by atoms with Crippen molar-refractivity contribution in [2.75, 3.05) is 18.8 Å². The van der Waals surface area contributed by atoms with Crippen molar-refractivity contribution in [3.63, 3.8) is 0 Å². The summed E-state index contributed by atoms with van der Waals surface area (Å²) in [5, 5.41) is 6.54. The summed E-state index contributed by atoms with van der Waals surface area (Å²) in [4.78, 5) is 4.41. The summed E-state index contributed by atoms with van der Waals surface area (Å²) in [6.07, 6.45) is 2.17. The van der Waals surface area contributed by atoms with E-state index in [0.717, 1.165) is 19.4 Å². The van der Waals surface area contributed by atoms with E-state index in [-0.39, 0.29) is 36.3 Å². The SMILES string of the molecule is CCNC(=NCCS(=O)(=O)C(C)(C)C)NC(C)CCC(C)(C)C.I. The topological polar surface area (TPSA) is 70.6 Å². The van der Waals surface area contributed by atoms with E-state index in [1.54, 1.807) is 20.8 Å². The molecule has 0 rings (SSSR count). The number of hydrogen-bond acceptors (Lipinski definition) is 3. The van der Waals surface area contributed by atoms with Crippen molar-refractivity contribution >= 4 is 39.8 Å². The Balaban J connectivity index is 0. The van der Waals surface area contributed by atoms with Gasteiger partial charge in [-0.2, -0.15) is 0 Å². The Morgan fingerprint density at radius 1 is 1.12 bits per heavy atom. The third kappa shape index (κ3) is 11.5. The largest absolute Gasteiger partial charge is 0.357 e. The summed E-state index contributed by atoms with van der Waals surface area (Å²) in [6, 6.07) is 0.297. The predicted octanol–water partition coefficient (Wildman–Crippen LogP) is 3.59. The van der Waals surface area contributed by atoms with Gasteiger partial charge in [-0.15, -0.1) is 24.0 Å². The van der Waals surface area contributed by atoms with Crippen LogP contribution in [0.3, 0.4) is 0 Å². The summed E-state index contributed by atoms with van der Waals surface area (Å²) in [5.74, 6) is 0.765. The zero-order valence-electron chi connectivity index (χ0n) is 16.7. The van der Waals surface area contributed by atoms with Gasteiger partial charge < -0.3 is 10.6 Å². The van der Waals surface area contributed by atoms with E-state index in [9.17, 15) is 8.42 Å². The van der Waals surface area contributed by atoms with Gasteiger partial charge in [-0.1, -0.05) is 20.8 Å². The first-order chi connectivity index (χ1) is 10.3. The van der Waals surface area contributed by atoms with Gasteiger partial charge in [0.1, 0.15) is 0 Å². The van der Waals surface area contributed by atoms with Crippen molar-refractivity contribution in [1.82, 2.24) is 10.6 Å². The number of nitrogens with zero attached hydrogens (tertiary/aromatic N) is 1. The first kappa shape index (κ1) is 26.2. The molecule has 0 aliphatic carbocycles. The minimum absolute atomic E-state index is 0. The molecular formula is C17H38IN3O2S. The average Bonchev–Trinajstić information content (AvgIpc) is 2.34. The summed E-state index contributed by atoms with van der Waals surface area (Å²) in [7, 11) is -3.13. The number of sulfone groups is 1. The molecule has 0 aromatic heterocycles. The lowest BCUT2D eigenvalue weighted by atomic mass is 9.89. The van der Waals surface area contributed by atoms with Crippen LogP contribution in [0.25, 0.3) is 0 Å². The monoisotopic (exact) mass is 475 g/mol. The summed E-state index contributed by atoms with van der Waals surface area (Å²) >= 11 is 0. The molecule has 0 bridgehead atoms. The second-order valence-corrected chi connectivity index (χ2v) is 11.2. The van der Waals surface area contributed by atoms with E-state index < -0.39 is 14.6 Å². The molecule has 1 unspecified atom stereocenters. The molecule has 0 aliphatic heterocycles. The molecule has 0 radical (unpaired) electrons. The molecule has 0 aromatic rings. The highest BCUT2D eigenvalue weighted by Gasteiger charge is 2.28. The van der Waals surface area contributed by atoms with Gasteiger partial charge in [0.15, 0.2) is 15.8 Å². The van der Waals surface area contributed by atoms with Crippen LogP contribution in [0.1, 0.15) is 68.2 Å². The van der Waals surface area contributed by atoms with Gasteiger partial charge in [0.25, 0.3) is 0 Å². The molecule has 1 atom stereocenters. The van der Waals surface area contributed by atoms with Crippen LogP contribution in [-0.4, -0.2) is 44.0 Å². The minimum Gasteiger partial charge on any atom is -0.357 e. The fraction of sp³-hybridized carbons (Fsp3) is 0.941. The molecule has 0 saturated heterocycles. The Morgan fingerprint density at radius 3 is 2.08 bits per heavy atom. The Kier molecular flexibility index (Phi) is 11.8. The molecule has 24 heavy (non-hydrogen) atoms. The van der Waals surface area contributed by atoms with Crippen LogP contribution in [0.4, 0.5) is 0 Å². The quantitative estimate of drug-likeness (QED) is 0.336. The van der Waals surface area contributed by atoms with Gasteiger partial charge in [-0.3, -0.25) is 4.99 Å². The van der Waals surface area contributed by atoms with Gasteiger partial charge in [-0.25, -0.2) is 8.42 Å². The number of rotatable bonds is 7. The Morgan fingerprint density at radius 2 is 1.67 bits per heavy atom. The summed E-state index contributed by atoms with van der Waals surface area (Å²) in [6.45, 7) is 17.0. The van der Waals surface area contributed by atoms with E-state index >= 15 is 0 Å². The van der Waals surface area contributed by atoms with Crippen LogP contribution < -0.4 is 10.6 Å². The van der Waals surface area contributed by atoms with Crippen molar-refractivity contribution in [1.29, 1.82) is 0 Å². The van der Waals surface area contributed by atoms with Crippen molar-refractivity contribution in [3.05, 3.63) is 0 Å². The molecule has 2 N–H and O–H groups in total. The fourth-order valence-corrected chi connectivity index (χ4v) is 2.80. The van der Waals surface area contributed by atoms with Crippen LogP contribution in [0.2, 0.25) is 0 Å². The maximum absolute atomic E-state index is 12.1. The van der Waals surface area contributed by atoms with E-state index in [1.165, 1.54) is 0 Å². The third-order valence-corrected chi connectivity index (χ3v) is 6.20. The molecule has 5 nitrogen and oxygen atoms in total. The standard InChI is InChI=1S/C17H37N3O2S.HI/c1-9-18-15(20-14(2)10-11-16(3,4)5)19-12-13-23(21,22)17(6,7)8;/h14H,9-13H2,1-8H3,(H2,18,19,20);1H. The van der Waals surface area contributed by atoms with Gasteiger partial charge in [0, 0.05) is 12.6 Å². The first-order valence-corrected chi connectivity index (χ1v) is 10.2. The lowest BCUT2D eigenvalue weighted by Crippen LogP contribution is -2.43. The van der Waals surface area contributed by atoms with Crippen LogP contribution in [-0.2, 0) is 9.84 Å². The molecule has 0 fully saturated rings. The molecule has 0 aromatic carbocycles. The third-order valence-electron chi connectivity index (χ3n) is 3.62. The number of hydrogen-bond donors (Lipinski definition) is 2. The molecule has 0 amide bonds. The summed E-state index contributed by atoms with van der Waals surface area (Å²) in [5.41, 5.74) is 0.312. The lowest BCUT2D eigenvalue weighted by Gasteiger charge is -2.23. The zero-order valence-corrected chi connectivity index (χ0v) is 19.8. The Labute approximate surface area is 166 Å². The van der Waals surface area contributed by atoms with Crippen LogP contribution in [0.5, 0.6) is 0 Å². The van der Waals surface area contributed by atoms with E-state index in [0.29, 0.717) is 17.4 Å². The minimum atomic E-state index is -3.13. The van der Waals surface area contributed by atoms with Crippen LogP contribution in [0, 0.1) is 5.41 Å². The summed E-state index contributed by atoms with van der Waals surface area (Å²) < 4.78 is 23.5. The van der Waals surface area contributed by atoms with E-state index in [4.69, 9.17) is 0 Å². The van der Waals surface area contributed by atoms with Crippen molar-refractivity contribution < 1.29 is 8.42 Å². The second-order valence-electron chi connectivity index (χ2n) is 8.34. The molecule has 0 heterocycles. The highest BCUT2D eigenvalue weighted by Crippen LogP contribution is 2.21. The molecule has 0 saturated carbocycles. The van der Waals surface area contributed by atoms with Gasteiger partial charge in [0.05, 0.1) is 17.0 Å². The van der Waals surface area contributed by atoms with Crippen LogP contribution >= 0.6 is 24.0 Å². The molecule has 0 aliphatic rings. The fourth-order valence-electron chi connectivity index (χ4n) is 1.86. The second kappa shape index (κ2) is 10.8. The normalized spacial score (nSPS) is 14.8. The average molecular weight is 475 g/mol. The van der Waals surface area contributed by atoms with E-state index in [2.05, 4.69) is 43.3 Å². The van der Waals surface area contributed by atoms with Crippen LogP contribution in [0.15, 0.2) is 4.99 Å². The van der Waals surface area contributed by atoms with Crippen molar-refractivity contribution in [3.8, 4) is 0 Å². The predicted molar refractivity (Wildman–Crippen MR) is 116 cm³/mol. The van der Waals surface area contributed by atoms with Gasteiger partial charge in [-0.05, 0) is 52.9 Å². The highest BCUT2D eigenvalue weighted by molar-refractivity contribution is 14.0. The lowest BCUT2D eigenvalue weighted by molar-refractivity contribution is 0.346. The van der Waals surface area contributed by atoms with Gasteiger partial charge in [0.2, 0.25) is 0 Å². The number of guanidine groups is 1.